The maximum atomic E-state index is 5.74. The highest BCUT2D eigenvalue weighted by Gasteiger charge is 2.20. The van der Waals surface area contributed by atoms with Crippen molar-refractivity contribution in [2.75, 3.05) is 27.3 Å². The van der Waals surface area contributed by atoms with Gasteiger partial charge in [0.25, 0.3) is 0 Å². The summed E-state index contributed by atoms with van der Waals surface area (Å²) in [6.07, 6.45) is 1.97. The summed E-state index contributed by atoms with van der Waals surface area (Å²) < 4.78 is 7.58. The quantitative estimate of drug-likeness (QED) is 0.737. The first-order valence-electron chi connectivity index (χ1n) is 7.49. The summed E-state index contributed by atoms with van der Waals surface area (Å²) in [6.45, 7) is 13.6. The highest BCUT2D eigenvalue weighted by atomic mass is 16.5. The van der Waals surface area contributed by atoms with Crippen molar-refractivity contribution in [2.24, 2.45) is 0 Å². The number of hydrogen-bond donors (Lipinski definition) is 1. The van der Waals surface area contributed by atoms with Gasteiger partial charge in [-0.15, -0.1) is 5.10 Å². The number of aromatic nitrogens is 3. The second kappa shape index (κ2) is 7.33. The van der Waals surface area contributed by atoms with Crippen LogP contribution in [0.2, 0.25) is 0 Å². The van der Waals surface area contributed by atoms with Crippen LogP contribution in [-0.4, -0.2) is 58.3 Å². The fraction of sp³-hybridized carbons (Fsp3) is 0.867. The van der Waals surface area contributed by atoms with E-state index < -0.39 is 0 Å². The standard InChI is InChI=1S/C15H31N5O/c1-14(2,3)16-10-13-11-20(18-17-13)8-9-21-12-15(4,5)19(6)7/h11,16H,8-10,12H2,1-7H3. The van der Waals surface area contributed by atoms with Crippen LogP contribution in [0.25, 0.3) is 0 Å². The molecule has 0 saturated carbocycles. The summed E-state index contributed by atoms with van der Waals surface area (Å²) in [5, 5.41) is 11.7. The van der Waals surface area contributed by atoms with Crippen molar-refractivity contribution < 1.29 is 4.74 Å². The van der Waals surface area contributed by atoms with Crippen LogP contribution in [0.5, 0.6) is 0 Å². The summed E-state index contributed by atoms with van der Waals surface area (Å²) in [7, 11) is 4.13. The van der Waals surface area contributed by atoms with Crippen LogP contribution in [0.15, 0.2) is 6.20 Å². The second-order valence-corrected chi connectivity index (χ2v) is 7.34. The van der Waals surface area contributed by atoms with Gasteiger partial charge in [-0.1, -0.05) is 5.21 Å². The zero-order valence-corrected chi connectivity index (χ0v) is 14.6. The van der Waals surface area contributed by atoms with Gasteiger partial charge >= 0.3 is 0 Å². The van der Waals surface area contributed by atoms with E-state index in [2.05, 4.69) is 69.2 Å². The molecule has 0 bridgehead atoms. The van der Waals surface area contributed by atoms with Gasteiger partial charge < -0.3 is 15.0 Å². The highest BCUT2D eigenvalue weighted by Crippen LogP contribution is 2.10. The molecule has 0 radical (unpaired) electrons. The molecule has 1 heterocycles. The molecule has 6 nitrogen and oxygen atoms in total. The van der Waals surface area contributed by atoms with Crippen LogP contribution in [0.1, 0.15) is 40.3 Å². The van der Waals surface area contributed by atoms with E-state index in [1.807, 2.05) is 10.9 Å². The molecular weight excluding hydrogens is 266 g/mol. The summed E-state index contributed by atoms with van der Waals surface area (Å²) in [6, 6.07) is 0. The Kier molecular flexibility index (Phi) is 6.31. The van der Waals surface area contributed by atoms with Crippen LogP contribution >= 0.6 is 0 Å². The molecule has 21 heavy (non-hydrogen) atoms. The molecular formula is C15H31N5O. The lowest BCUT2D eigenvalue weighted by molar-refractivity contribution is 0.0317. The first kappa shape index (κ1) is 18.1. The molecule has 0 unspecified atom stereocenters. The van der Waals surface area contributed by atoms with Crippen LogP contribution in [0.4, 0.5) is 0 Å². The fourth-order valence-corrected chi connectivity index (χ4v) is 1.49. The van der Waals surface area contributed by atoms with E-state index in [-0.39, 0.29) is 11.1 Å². The van der Waals surface area contributed by atoms with E-state index in [1.54, 1.807) is 0 Å². The van der Waals surface area contributed by atoms with E-state index in [0.29, 0.717) is 13.2 Å². The number of hydrogen-bond acceptors (Lipinski definition) is 5. The van der Waals surface area contributed by atoms with Gasteiger partial charge in [0.1, 0.15) is 0 Å². The highest BCUT2D eigenvalue weighted by molar-refractivity contribution is 4.93. The van der Waals surface area contributed by atoms with Crippen molar-refractivity contribution in [1.82, 2.24) is 25.2 Å². The average molecular weight is 297 g/mol. The molecule has 0 amide bonds. The molecule has 1 aromatic heterocycles. The normalized spacial score (nSPS) is 13.1. The van der Waals surface area contributed by atoms with Gasteiger partial charge in [-0.25, -0.2) is 4.68 Å². The van der Waals surface area contributed by atoms with E-state index in [1.165, 1.54) is 0 Å². The monoisotopic (exact) mass is 297 g/mol. The largest absolute Gasteiger partial charge is 0.378 e. The maximum Gasteiger partial charge on any atom is 0.0965 e. The maximum absolute atomic E-state index is 5.74. The van der Waals surface area contributed by atoms with Crippen molar-refractivity contribution >= 4 is 0 Å². The fourth-order valence-electron chi connectivity index (χ4n) is 1.49. The molecule has 0 spiro atoms. The molecule has 0 aliphatic rings. The van der Waals surface area contributed by atoms with Crippen LogP contribution in [0.3, 0.4) is 0 Å². The molecule has 0 aromatic carbocycles. The van der Waals surface area contributed by atoms with Gasteiger partial charge in [0.2, 0.25) is 0 Å². The van der Waals surface area contributed by atoms with Gasteiger partial charge in [-0.05, 0) is 48.7 Å². The number of rotatable bonds is 8. The van der Waals surface area contributed by atoms with Crippen molar-refractivity contribution in [3.05, 3.63) is 11.9 Å². The molecule has 1 N–H and O–H groups in total. The molecule has 1 rings (SSSR count). The molecule has 0 aliphatic carbocycles. The average Bonchev–Trinajstić information content (AvgIpc) is 2.79. The Morgan fingerprint density at radius 1 is 1.24 bits per heavy atom. The first-order valence-corrected chi connectivity index (χ1v) is 7.49. The molecule has 0 atom stereocenters. The van der Waals surface area contributed by atoms with E-state index in [4.69, 9.17) is 4.74 Å². The molecule has 0 aliphatic heterocycles. The lowest BCUT2D eigenvalue weighted by atomic mass is 10.1. The number of ether oxygens (including phenoxy) is 1. The third kappa shape index (κ3) is 7.02. The predicted molar refractivity (Wildman–Crippen MR) is 85.2 cm³/mol. The van der Waals surface area contributed by atoms with Crippen LogP contribution in [0, 0.1) is 0 Å². The second-order valence-electron chi connectivity index (χ2n) is 7.34. The first-order chi connectivity index (χ1) is 9.60. The van der Waals surface area contributed by atoms with Crippen LogP contribution < -0.4 is 5.32 Å². The number of nitrogens with zero attached hydrogens (tertiary/aromatic N) is 4. The summed E-state index contributed by atoms with van der Waals surface area (Å²) >= 11 is 0. The van der Waals surface area contributed by atoms with Gasteiger partial charge in [0.15, 0.2) is 0 Å². The lowest BCUT2D eigenvalue weighted by Crippen LogP contribution is -2.42. The predicted octanol–water partition coefficient (Wildman–Crippen LogP) is 1.52. The van der Waals surface area contributed by atoms with Crippen LogP contribution in [-0.2, 0) is 17.8 Å². The SMILES string of the molecule is CN(C)C(C)(C)COCCn1cc(CNC(C)(C)C)nn1. The topological polar surface area (TPSA) is 55.2 Å². The Labute approximate surface area is 128 Å². The third-order valence-electron chi connectivity index (χ3n) is 3.52. The minimum Gasteiger partial charge on any atom is -0.378 e. The molecule has 6 heteroatoms. The van der Waals surface area contributed by atoms with Gasteiger partial charge in [-0.2, -0.15) is 0 Å². The zero-order valence-electron chi connectivity index (χ0n) is 14.6. The Balaban J connectivity index is 2.29. The third-order valence-corrected chi connectivity index (χ3v) is 3.52. The Morgan fingerprint density at radius 3 is 2.48 bits per heavy atom. The summed E-state index contributed by atoms with van der Waals surface area (Å²) in [5.74, 6) is 0. The van der Waals surface area contributed by atoms with Crippen molar-refractivity contribution in [3.8, 4) is 0 Å². The Bertz CT molecular complexity index is 420. The van der Waals surface area contributed by atoms with Crippen molar-refractivity contribution in [3.63, 3.8) is 0 Å². The van der Waals surface area contributed by atoms with E-state index in [0.717, 1.165) is 18.8 Å². The van der Waals surface area contributed by atoms with Crippen molar-refractivity contribution in [1.29, 1.82) is 0 Å². The molecule has 1 aromatic rings. The summed E-state index contributed by atoms with van der Waals surface area (Å²) in [4.78, 5) is 2.17. The van der Waals surface area contributed by atoms with E-state index in [9.17, 15) is 0 Å². The summed E-state index contributed by atoms with van der Waals surface area (Å²) in [5.41, 5.74) is 1.09. The molecule has 0 fully saturated rings. The van der Waals surface area contributed by atoms with E-state index >= 15 is 0 Å². The lowest BCUT2D eigenvalue weighted by Gasteiger charge is -2.32. The Morgan fingerprint density at radius 2 is 1.90 bits per heavy atom. The molecule has 122 valence electrons. The minimum absolute atomic E-state index is 0.0458. The smallest absolute Gasteiger partial charge is 0.0965 e. The molecule has 0 saturated heterocycles. The van der Waals surface area contributed by atoms with Gasteiger partial charge in [0.05, 0.1) is 25.5 Å². The van der Waals surface area contributed by atoms with Gasteiger partial charge in [0, 0.05) is 23.8 Å². The Hall–Kier alpha value is -0.980. The van der Waals surface area contributed by atoms with Gasteiger partial charge in [-0.3, -0.25) is 0 Å². The van der Waals surface area contributed by atoms with Crippen molar-refractivity contribution in [2.45, 2.75) is 58.8 Å². The number of nitrogens with one attached hydrogen (secondary N) is 1. The minimum atomic E-state index is 0.0458. The number of likely N-dealkylation sites (N-methyl/N-ethyl adjacent to an activating group) is 1. The zero-order chi connectivity index (χ0) is 16.1.